The summed E-state index contributed by atoms with van der Waals surface area (Å²) >= 11 is 10.7. The minimum atomic E-state index is -0.516. The molecule has 0 aliphatic carbocycles. The molecule has 2 nitrogen and oxygen atoms in total. The Morgan fingerprint density at radius 1 is 1.05 bits per heavy atom. The molecule has 104 valence electrons. The summed E-state index contributed by atoms with van der Waals surface area (Å²) in [6.45, 7) is 1.63. The van der Waals surface area contributed by atoms with Gasteiger partial charge in [-0.25, -0.2) is 8.78 Å². The molecule has 0 amide bonds. The number of nitrogens with one attached hydrogen (secondary N) is 2. The molecule has 0 aliphatic heterocycles. The number of hydrogen-bond donors (Lipinski definition) is 2. The fourth-order valence-corrected chi connectivity index (χ4v) is 1.99. The predicted molar refractivity (Wildman–Crippen MR) is 82.4 cm³/mol. The third-order valence-electron chi connectivity index (χ3n) is 2.70. The maximum Gasteiger partial charge on any atom is 0.175 e. The van der Waals surface area contributed by atoms with Crippen molar-refractivity contribution >= 4 is 40.3 Å². The zero-order chi connectivity index (χ0) is 14.7. The third-order valence-corrected chi connectivity index (χ3v) is 3.13. The van der Waals surface area contributed by atoms with E-state index in [1.807, 2.05) is 0 Å². The van der Waals surface area contributed by atoms with Crippen molar-refractivity contribution in [3.63, 3.8) is 0 Å². The van der Waals surface area contributed by atoms with Gasteiger partial charge in [-0.3, -0.25) is 0 Å². The first-order valence-electron chi connectivity index (χ1n) is 5.75. The van der Waals surface area contributed by atoms with Gasteiger partial charge in [0.2, 0.25) is 0 Å². The van der Waals surface area contributed by atoms with Crippen LogP contribution in [0.25, 0.3) is 0 Å². The molecule has 0 saturated carbocycles. The van der Waals surface area contributed by atoms with E-state index in [9.17, 15) is 8.78 Å². The fraction of sp³-hybridized carbons (Fsp3) is 0.0714. The van der Waals surface area contributed by atoms with Crippen LogP contribution in [0, 0.1) is 18.6 Å². The van der Waals surface area contributed by atoms with Gasteiger partial charge in [-0.05, 0) is 49.5 Å². The van der Waals surface area contributed by atoms with Gasteiger partial charge in [0.05, 0.1) is 5.69 Å². The van der Waals surface area contributed by atoms with Crippen molar-refractivity contribution in [2.24, 2.45) is 0 Å². The average molecular weight is 313 g/mol. The van der Waals surface area contributed by atoms with Crippen LogP contribution in [0.2, 0.25) is 5.02 Å². The Morgan fingerprint density at radius 3 is 2.45 bits per heavy atom. The smallest absolute Gasteiger partial charge is 0.175 e. The molecule has 0 bridgehead atoms. The van der Waals surface area contributed by atoms with Gasteiger partial charge in [-0.1, -0.05) is 17.7 Å². The largest absolute Gasteiger partial charge is 0.332 e. The minimum absolute atomic E-state index is 0.167. The molecule has 0 aromatic heterocycles. The molecule has 6 heteroatoms. The lowest BCUT2D eigenvalue weighted by molar-refractivity contribution is 0.619. The van der Waals surface area contributed by atoms with Gasteiger partial charge in [0.25, 0.3) is 0 Å². The zero-order valence-electron chi connectivity index (χ0n) is 10.5. The fourth-order valence-electron chi connectivity index (χ4n) is 1.61. The standard InChI is InChI=1S/C14H11ClF2N2S/c1-8-10(16)3-2-4-12(8)18-14(20)19-13-6-5-9(15)7-11(13)17/h2-7H,1H3,(H2,18,19,20). The van der Waals surface area contributed by atoms with Crippen LogP contribution in [0.5, 0.6) is 0 Å². The number of thiocarbonyl (C=S) groups is 1. The summed E-state index contributed by atoms with van der Waals surface area (Å²) in [5, 5.41) is 5.98. The Morgan fingerprint density at radius 2 is 1.75 bits per heavy atom. The van der Waals surface area contributed by atoms with Crippen molar-refractivity contribution in [1.82, 2.24) is 0 Å². The van der Waals surface area contributed by atoms with Gasteiger partial charge in [0, 0.05) is 16.3 Å². The van der Waals surface area contributed by atoms with Crippen LogP contribution in [-0.2, 0) is 0 Å². The van der Waals surface area contributed by atoms with Crippen molar-refractivity contribution in [3.05, 3.63) is 58.6 Å². The van der Waals surface area contributed by atoms with Crippen molar-refractivity contribution in [3.8, 4) is 0 Å². The molecule has 20 heavy (non-hydrogen) atoms. The predicted octanol–water partition coefficient (Wildman–Crippen LogP) is 4.74. The molecule has 2 N–H and O–H groups in total. The van der Waals surface area contributed by atoms with Crippen LogP contribution in [0.15, 0.2) is 36.4 Å². The van der Waals surface area contributed by atoms with Gasteiger partial charge in [0.1, 0.15) is 11.6 Å². The molecule has 0 fully saturated rings. The highest BCUT2D eigenvalue weighted by molar-refractivity contribution is 7.80. The van der Waals surface area contributed by atoms with E-state index in [-0.39, 0.29) is 16.6 Å². The van der Waals surface area contributed by atoms with Crippen LogP contribution >= 0.6 is 23.8 Å². The molecule has 2 rings (SSSR count). The molecular formula is C14H11ClF2N2S. The van der Waals surface area contributed by atoms with Crippen molar-refractivity contribution in [2.75, 3.05) is 10.6 Å². The second-order valence-electron chi connectivity index (χ2n) is 4.12. The summed E-state index contributed by atoms with van der Waals surface area (Å²) in [4.78, 5) is 0. The first-order valence-corrected chi connectivity index (χ1v) is 6.54. The normalized spacial score (nSPS) is 10.2. The van der Waals surface area contributed by atoms with Crippen LogP contribution in [0.4, 0.5) is 20.2 Å². The number of rotatable bonds is 2. The van der Waals surface area contributed by atoms with Crippen LogP contribution in [-0.4, -0.2) is 5.11 Å². The van der Waals surface area contributed by atoms with Crippen LogP contribution in [0.1, 0.15) is 5.56 Å². The monoisotopic (exact) mass is 312 g/mol. The van der Waals surface area contributed by atoms with Crippen molar-refractivity contribution in [2.45, 2.75) is 6.92 Å². The zero-order valence-corrected chi connectivity index (χ0v) is 12.1. The number of hydrogen-bond acceptors (Lipinski definition) is 1. The van der Waals surface area contributed by atoms with E-state index in [4.69, 9.17) is 23.8 Å². The second-order valence-corrected chi connectivity index (χ2v) is 4.96. The Kier molecular flexibility index (Phi) is 4.52. The highest BCUT2D eigenvalue weighted by Gasteiger charge is 2.07. The highest BCUT2D eigenvalue weighted by atomic mass is 35.5. The number of halogens is 3. The molecule has 0 spiro atoms. The highest BCUT2D eigenvalue weighted by Crippen LogP contribution is 2.20. The number of anilines is 2. The van der Waals surface area contributed by atoms with E-state index in [1.54, 1.807) is 25.1 Å². The topological polar surface area (TPSA) is 24.1 Å². The van der Waals surface area contributed by atoms with E-state index >= 15 is 0 Å². The maximum absolute atomic E-state index is 13.6. The van der Waals surface area contributed by atoms with E-state index in [0.717, 1.165) is 0 Å². The third kappa shape index (κ3) is 3.43. The van der Waals surface area contributed by atoms with Gasteiger partial charge >= 0.3 is 0 Å². The van der Waals surface area contributed by atoms with Crippen LogP contribution < -0.4 is 10.6 Å². The quantitative estimate of drug-likeness (QED) is 0.784. The molecule has 0 atom stereocenters. The van der Waals surface area contributed by atoms with E-state index in [0.29, 0.717) is 16.3 Å². The first-order chi connectivity index (χ1) is 9.47. The van der Waals surface area contributed by atoms with Gasteiger partial charge in [0.15, 0.2) is 5.11 Å². The molecular weight excluding hydrogens is 302 g/mol. The van der Waals surface area contributed by atoms with Crippen molar-refractivity contribution < 1.29 is 8.78 Å². The lowest BCUT2D eigenvalue weighted by Gasteiger charge is -2.13. The molecule has 0 aliphatic rings. The molecule has 2 aromatic carbocycles. The summed E-state index contributed by atoms with van der Waals surface area (Å²) in [6, 6.07) is 8.81. The lowest BCUT2D eigenvalue weighted by Crippen LogP contribution is -2.20. The average Bonchev–Trinajstić information content (AvgIpc) is 2.38. The molecule has 2 aromatic rings. The van der Waals surface area contributed by atoms with E-state index in [1.165, 1.54) is 18.2 Å². The maximum atomic E-state index is 13.6. The van der Waals surface area contributed by atoms with Gasteiger partial charge < -0.3 is 10.6 Å². The van der Waals surface area contributed by atoms with Crippen molar-refractivity contribution in [1.29, 1.82) is 0 Å². The second kappa shape index (κ2) is 6.15. The van der Waals surface area contributed by atoms with E-state index < -0.39 is 5.82 Å². The van der Waals surface area contributed by atoms with Gasteiger partial charge in [-0.2, -0.15) is 0 Å². The molecule has 0 radical (unpaired) electrons. The summed E-state index contributed by atoms with van der Waals surface area (Å²) in [7, 11) is 0. The molecule has 0 saturated heterocycles. The SMILES string of the molecule is Cc1c(F)cccc1NC(=S)Nc1ccc(Cl)cc1F. The summed E-state index contributed by atoms with van der Waals surface area (Å²) in [6.07, 6.45) is 0. The molecule has 0 heterocycles. The molecule has 0 unspecified atom stereocenters. The van der Waals surface area contributed by atoms with Gasteiger partial charge in [-0.15, -0.1) is 0 Å². The first kappa shape index (κ1) is 14.7. The van der Waals surface area contributed by atoms with E-state index in [2.05, 4.69) is 10.6 Å². The Labute approximate surface area is 125 Å². The summed E-state index contributed by atoms with van der Waals surface area (Å²) in [5.41, 5.74) is 1.16. The summed E-state index contributed by atoms with van der Waals surface area (Å²) < 4.78 is 27.0. The minimum Gasteiger partial charge on any atom is -0.332 e. The lowest BCUT2D eigenvalue weighted by atomic mass is 10.2. The van der Waals surface area contributed by atoms with Crippen LogP contribution in [0.3, 0.4) is 0 Å². The Bertz CT molecular complexity index is 662. The summed E-state index contributed by atoms with van der Waals surface area (Å²) in [5.74, 6) is -0.854. The Balaban J connectivity index is 2.11. The number of benzene rings is 2. The Hall–Kier alpha value is -1.72.